The molecule has 0 unspecified atom stereocenters. The van der Waals surface area contributed by atoms with Gasteiger partial charge in [-0.3, -0.25) is 4.79 Å². The van der Waals surface area contributed by atoms with Crippen molar-refractivity contribution in [1.29, 1.82) is 0 Å². The molecule has 7 nitrogen and oxygen atoms in total. The van der Waals surface area contributed by atoms with Crippen LogP contribution in [0.15, 0.2) is 42.5 Å². The summed E-state index contributed by atoms with van der Waals surface area (Å²) in [4.78, 5) is 38.2. The first-order valence-corrected chi connectivity index (χ1v) is 9.54. The molecule has 1 N–H and O–H groups in total. The lowest BCUT2D eigenvalue weighted by atomic mass is 9.75. The molecule has 0 radical (unpaired) electrons. The zero-order valence-electron chi connectivity index (χ0n) is 16.1. The summed E-state index contributed by atoms with van der Waals surface area (Å²) in [7, 11) is 0. The second kappa shape index (κ2) is 8.46. The highest BCUT2D eigenvalue weighted by atomic mass is 16.6. The summed E-state index contributed by atoms with van der Waals surface area (Å²) in [6.07, 6.45) is 3.56. The Morgan fingerprint density at radius 1 is 1.04 bits per heavy atom. The van der Waals surface area contributed by atoms with Crippen molar-refractivity contribution in [3.05, 3.63) is 48.0 Å². The lowest BCUT2D eigenvalue weighted by Gasteiger charge is -2.38. The lowest BCUT2D eigenvalue weighted by Crippen LogP contribution is -2.64. The Hall–Kier alpha value is -2.83. The van der Waals surface area contributed by atoms with Gasteiger partial charge in [0.05, 0.1) is 19.1 Å². The first-order valence-electron chi connectivity index (χ1n) is 9.54. The molecule has 1 aromatic rings. The van der Waals surface area contributed by atoms with Crippen LogP contribution in [0.3, 0.4) is 0 Å². The highest BCUT2D eigenvalue weighted by molar-refractivity contribution is 5.94. The molecule has 1 fully saturated rings. The fraction of sp³-hybridized carbons (Fsp3) is 0.476. The van der Waals surface area contributed by atoms with E-state index in [1.807, 2.05) is 42.5 Å². The summed E-state index contributed by atoms with van der Waals surface area (Å²) in [5.74, 6) is -2.54. The summed E-state index contributed by atoms with van der Waals surface area (Å²) in [5, 5.41) is 2.68. The Kier molecular flexibility index (Phi) is 6.02. The summed E-state index contributed by atoms with van der Waals surface area (Å²) in [6.45, 7) is 3.77. The Bertz CT molecular complexity index is 761. The molecule has 0 aromatic heterocycles. The number of amides is 1. The maximum absolute atomic E-state index is 13.0. The molecular formula is C21H25NO6. The van der Waals surface area contributed by atoms with Crippen LogP contribution in [0.2, 0.25) is 0 Å². The summed E-state index contributed by atoms with van der Waals surface area (Å²) < 4.78 is 15.8. The van der Waals surface area contributed by atoms with Gasteiger partial charge in [-0.2, -0.15) is 0 Å². The number of hydrogen-bond acceptors (Lipinski definition) is 6. The van der Waals surface area contributed by atoms with Gasteiger partial charge >= 0.3 is 18.0 Å². The number of esters is 2. The van der Waals surface area contributed by atoms with E-state index in [2.05, 4.69) is 5.32 Å². The molecule has 1 aromatic carbocycles. The number of rotatable bonds is 7. The molecule has 0 heterocycles. The molecule has 7 heteroatoms. The van der Waals surface area contributed by atoms with Crippen LogP contribution >= 0.6 is 0 Å². The quantitative estimate of drug-likeness (QED) is 0.439. The molecule has 3 rings (SSSR count). The van der Waals surface area contributed by atoms with E-state index < -0.39 is 29.5 Å². The van der Waals surface area contributed by atoms with E-state index in [1.165, 1.54) is 0 Å². The van der Waals surface area contributed by atoms with E-state index in [-0.39, 0.29) is 31.7 Å². The molecule has 1 amide bonds. The third-order valence-corrected chi connectivity index (χ3v) is 5.30. The molecule has 2 aliphatic carbocycles. The first kappa shape index (κ1) is 19.9. The van der Waals surface area contributed by atoms with Crippen molar-refractivity contribution in [1.82, 2.24) is 5.32 Å². The van der Waals surface area contributed by atoms with Gasteiger partial charge < -0.3 is 19.5 Å². The van der Waals surface area contributed by atoms with Gasteiger partial charge in [-0.15, -0.1) is 0 Å². The predicted octanol–water partition coefficient (Wildman–Crippen LogP) is 2.60. The van der Waals surface area contributed by atoms with Crippen LogP contribution in [0, 0.1) is 17.8 Å². The average Bonchev–Trinajstić information content (AvgIpc) is 3.28. The standard InChI is InChI=1S/C21H25NO6/c1-3-26-18(23)17-15-10-11-16(12-15)21(17,19(24)27-4-2)22-20(25)28-13-14-8-6-5-7-9-14/h5-11,15-17H,3-4,12-13H2,1-2H3,(H,22,25)/t15-,16+,17+,21-/m1/s1. The van der Waals surface area contributed by atoms with E-state index in [4.69, 9.17) is 14.2 Å². The molecule has 0 spiro atoms. The van der Waals surface area contributed by atoms with Crippen LogP contribution in [-0.2, 0) is 30.4 Å². The number of hydrogen-bond donors (Lipinski definition) is 1. The number of alkyl carbamates (subject to hydrolysis) is 1. The zero-order valence-corrected chi connectivity index (χ0v) is 16.1. The second-order valence-electron chi connectivity index (χ2n) is 6.90. The zero-order chi connectivity index (χ0) is 20.1. The van der Waals surface area contributed by atoms with Gasteiger partial charge in [0.25, 0.3) is 0 Å². The van der Waals surface area contributed by atoms with Crippen molar-refractivity contribution < 1.29 is 28.6 Å². The summed E-state index contributed by atoms with van der Waals surface area (Å²) in [6, 6.07) is 9.21. The van der Waals surface area contributed by atoms with Crippen molar-refractivity contribution in [2.45, 2.75) is 32.4 Å². The summed E-state index contributed by atoms with van der Waals surface area (Å²) >= 11 is 0. The number of fused-ring (bicyclic) bond motifs is 2. The highest BCUT2D eigenvalue weighted by Crippen LogP contribution is 2.51. The minimum Gasteiger partial charge on any atom is -0.466 e. The van der Waals surface area contributed by atoms with Crippen LogP contribution in [0.5, 0.6) is 0 Å². The van der Waals surface area contributed by atoms with Crippen LogP contribution in [0.25, 0.3) is 0 Å². The van der Waals surface area contributed by atoms with Gasteiger partial charge in [0.2, 0.25) is 0 Å². The molecule has 2 bridgehead atoms. The third kappa shape index (κ3) is 3.61. The number of ether oxygens (including phenoxy) is 3. The van der Waals surface area contributed by atoms with Crippen molar-refractivity contribution in [3.8, 4) is 0 Å². The van der Waals surface area contributed by atoms with Gasteiger partial charge in [0, 0.05) is 5.92 Å². The van der Waals surface area contributed by atoms with Gasteiger partial charge in [0.1, 0.15) is 6.61 Å². The lowest BCUT2D eigenvalue weighted by molar-refractivity contribution is -0.164. The van der Waals surface area contributed by atoms with Crippen molar-refractivity contribution >= 4 is 18.0 Å². The fourth-order valence-corrected chi connectivity index (χ4v) is 4.15. The van der Waals surface area contributed by atoms with Crippen LogP contribution in [0.1, 0.15) is 25.8 Å². The number of allylic oxidation sites excluding steroid dienone is 1. The minimum atomic E-state index is -1.52. The number of carbonyl (C=O) groups excluding carboxylic acids is 3. The third-order valence-electron chi connectivity index (χ3n) is 5.30. The Morgan fingerprint density at radius 2 is 1.75 bits per heavy atom. The van der Waals surface area contributed by atoms with Gasteiger partial charge in [-0.1, -0.05) is 42.5 Å². The summed E-state index contributed by atoms with van der Waals surface area (Å²) in [5.41, 5.74) is -0.701. The molecule has 2 aliphatic rings. The molecule has 0 aliphatic heterocycles. The maximum Gasteiger partial charge on any atom is 0.408 e. The Balaban J connectivity index is 1.83. The minimum absolute atomic E-state index is 0.0551. The fourth-order valence-electron chi connectivity index (χ4n) is 4.15. The predicted molar refractivity (Wildman–Crippen MR) is 100.0 cm³/mol. The molecule has 28 heavy (non-hydrogen) atoms. The van der Waals surface area contributed by atoms with Crippen LogP contribution < -0.4 is 5.32 Å². The highest BCUT2D eigenvalue weighted by Gasteiger charge is 2.66. The Labute approximate surface area is 164 Å². The molecule has 1 saturated carbocycles. The monoisotopic (exact) mass is 387 g/mol. The molecule has 0 saturated heterocycles. The SMILES string of the molecule is CCOC(=O)[C@@H]1[C@@H]2C=C[C@@H](C2)[C@]1(NC(=O)OCc1ccccc1)C(=O)OCC. The smallest absolute Gasteiger partial charge is 0.408 e. The number of carbonyl (C=O) groups is 3. The normalized spacial score (nSPS) is 27.3. The average molecular weight is 387 g/mol. The van der Waals surface area contributed by atoms with Gasteiger partial charge in [0.15, 0.2) is 5.54 Å². The van der Waals surface area contributed by atoms with E-state index in [1.54, 1.807) is 13.8 Å². The number of benzene rings is 1. The van der Waals surface area contributed by atoms with Crippen LogP contribution in [0.4, 0.5) is 4.79 Å². The van der Waals surface area contributed by atoms with E-state index in [0.717, 1.165) is 5.56 Å². The molecule has 150 valence electrons. The van der Waals surface area contributed by atoms with E-state index in [9.17, 15) is 14.4 Å². The first-order chi connectivity index (χ1) is 13.5. The molecule has 4 atom stereocenters. The second-order valence-corrected chi connectivity index (χ2v) is 6.90. The van der Waals surface area contributed by atoms with Crippen molar-refractivity contribution in [2.24, 2.45) is 17.8 Å². The molecular weight excluding hydrogens is 362 g/mol. The number of nitrogens with one attached hydrogen (secondary N) is 1. The van der Waals surface area contributed by atoms with Gasteiger partial charge in [-0.05, 0) is 31.7 Å². The topological polar surface area (TPSA) is 90.9 Å². The largest absolute Gasteiger partial charge is 0.466 e. The van der Waals surface area contributed by atoms with Gasteiger partial charge in [-0.25, -0.2) is 9.59 Å². The van der Waals surface area contributed by atoms with Crippen molar-refractivity contribution in [3.63, 3.8) is 0 Å². The maximum atomic E-state index is 13.0. The Morgan fingerprint density at radius 3 is 2.43 bits per heavy atom. The van der Waals surface area contributed by atoms with E-state index >= 15 is 0 Å². The van der Waals surface area contributed by atoms with Crippen molar-refractivity contribution in [2.75, 3.05) is 13.2 Å². The van der Waals surface area contributed by atoms with E-state index in [0.29, 0.717) is 6.42 Å². The van der Waals surface area contributed by atoms with Crippen LogP contribution in [-0.4, -0.2) is 36.8 Å².